The Morgan fingerprint density at radius 3 is 2.41 bits per heavy atom. The van der Waals surface area contributed by atoms with Crippen LogP contribution in [0.3, 0.4) is 0 Å². The summed E-state index contributed by atoms with van der Waals surface area (Å²) in [7, 11) is 0. The molecular weight excluding hydrogens is 368 g/mol. The zero-order valence-corrected chi connectivity index (χ0v) is 16.6. The maximum atomic E-state index is 12.0. The molecule has 0 atom stereocenters. The average molecular weight is 392 g/mol. The van der Waals surface area contributed by atoms with E-state index in [0.717, 1.165) is 11.4 Å². The lowest BCUT2D eigenvalue weighted by Crippen LogP contribution is -2.10. The fraction of sp³-hybridized carbons (Fsp3) is 0.238. The summed E-state index contributed by atoms with van der Waals surface area (Å²) in [5.41, 5.74) is 8.67. The smallest absolute Gasteiger partial charge is 0.338 e. The number of rotatable bonds is 7. The number of pyridine rings is 1. The Morgan fingerprint density at radius 2 is 1.76 bits per heavy atom. The van der Waals surface area contributed by atoms with Gasteiger partial charge in [-0.3, -0.25) is 0 Å². The van der Waals surface area contributed by atoms with Crippen LogP contribution < -0.4 is 16.4 Å². The molecule has 0 bridgehead atoms. The minimum absolute atomic E-state index is 0.290. The lowest BCUT2D eigenvalue weighted by molar-refractivity contribution is 0.0459. The van der Waals surface area contributed by atoms with Crippen molar-refractivity contribution in [3.8, 4) is 0 Å². The highest BCUT2D eigenvalue weighted by atomic mass is 16.5. The second kappa shape index (κ2) is 9.01. The van der Waals surface area contributed by atoms with E-state index in [9.17, 15) is 4.79 Å². The van der Waals surface area contributed by atoms with Gasteiger partial charge in [-0.25, -0.2) is 19.7 Å². The number of esters is 1. The largest absolute Gasteiger partial charge is 0.462 e. The van der Waals surface area contributed by atoms with E-state index in [1.165, 1.54) is 6.33 Å². The molecule has 1 aromatic carbocycles. The van der Waals surface area contributed by atoms with Gasteiger partial charge in [0.1, 0.15) is 17.8 Å². The standard InChI is InChI=1S/C21H24N6O2/c1-13(2)11-29-21(28)15-7-9-16(10-8-15)26-19-18(22)20(24-12-23-19)27-17-6-4-5-14(3)25-17/h4-10,12-13H,11,22H2,1-3H3,(H2,23,24,25,26,27). The Bertz CT molecular complexity index is 989. The number of aryl methyl sites for hydroxylation is 1. The lowest BCUT2D eigenvalue weighted by Gasteiger charge is -2.13. The van der Waals surface area contributed by atoms with E-state index in [4.69, 9.17) is 10.5 Å². The molecule has 4 N–H and O–H groups in total. The van der Waals surface area contributed by atoms with Crippen LogP contribution in [-0.4, -0.2) is 27.5 Å². The van der Waals surface area contributed by atoms with Crippen molar-refractivity contribution in [2.45, 2.75) is 20.8 Å². The van der Waals surface area contributed by atoms with Crippen LogP contribution in [-0.2, 0) is 4.74 Å². The number of anilines is 5. The van der Waals surface area contributed by atoms with E-state index in [0.29, 0.717) is 41.2 Å². The fourth-order valence-corrected chi connectivity index (χ4v) is 2.48. The maximum absolute atomic E-state index is 12.0. The molecule has 2 heterocycles. The topological polar surface area (TPSA) is 115 Å². The quantitative estimate of drug-likeness (QED) is 0.516. The second-order valence-corrected chi connectivity index (χ2v) is 6.97. The van der Waals surface area contributed by atoms with Gasteiger partial charge in [-0.05, 0) is 49.2 Å². The SMILES string of the molecule is Cc1cccc(Nc2ncnc(Nc3ccc(C(=O)OCC(C)C)cc3)c2N)n1. The first-order valence-electron chi connectivity index (χ1n) is 9.27. The molecule has 29 heavy (non-hydrogen) atoms. The Balaban J connectivity index is 1.71. The van der Waals surface area contributed by atoms with Crippen LogP contribution >= 0.6 is 0 Å². The summed E-state index contributed by atoms with van der Waals surface area (Å²) in [6.45, 7) is 6.28. The summed E-state index contributed by atoms with van der Waals surface area (Å²) in [6.07, 6.45) is 1.41. The van der Waals surface area contributed by atoms with Crippen molar-refractivity contribution in [1.29, 1.82) is 0 Å². The highest BCUT2D eigenvalue weighted by molar-refractivity contribution is 5.90. The van der Waals surface area contributed by atoms with Crippen LogP contribution in [0.1, 0.15) is 29.9 Å². The minimum atomic E-state index is -0.344. The number of carbonyl (C=O) groups excluding carboxylic acids is 1. The van der Waals surface area contributed by atoms with E-state index in [1.54, 1.807) is 24.3 Å². The van der Waals surface area contributed by atoms with Crippen molar-refractivity contribution < 1.29 is 9.53 Å². The zero-order valence-electron chi connectivity index (χ0n) is 16.6. The van der Waals surface area contributed by atoms with Gasteiger partial charge in [0.05, 0.1) is 12.2 Å². The van der Waals surface area contributed by atoms with E-state index in [1.807, 2.05) is 39.0 Å². The van der Waals surface area contributed by atoms with Gasteiger partial charge in [0.15, 0.2) is 11.6 Å². The predicted molar refractivity (Wildman–Crippen MR) is 114 cm³/mol. The van der Waals surface area contributed by atoms with Crippen molar-refractivity contribution in [3.63, 3.8) is 0 Å². The minimum Gasteiger partial charge on any atom is -0.462 e. The number of benzene rings is 1. The van der Waals surface area contributed by atoms with Crippen molar-refractivity contribution in [3.05, 3.63) is 60.0 Å². The molecule has 0 saturated carbocycles. The second-order valence-electron chi connectivity index (χ2n) is 6.97. The summed E-state index contributed by atoms with van der Waals surface area (Å²) in [6, 6.07) is 12.6. The maximum Gasteiger partial charge on any atom is 0.338 e. The van der Waals surface area contributed by atoms with Crippen LogP contribution in [0.15, 0.2) is 48.8 Å². The van der Waals surface area contributed by atoms with Gasteiger partial charge in [0.2, 0.25) is 0 Å². The molecule has 3 rings (SSSR count). The van der Waals surface area contributed by atoms with Crippen molar-refractivity contribution in [2.75, 3.05) is 23.0 Å². The van der Waals surface area contributed by atoms with Gasteiger partial charge in [-0.15, -0.1) is 0 Å². The van der Waals surface area contributed by atoms with Crippen LogP contribution in [0.2, 0.25) is 0 Å². The molecule has 0 spiro atoms. The Labute approximate surface area is 169 Å². The number of ether oxygens (including phenoxy) is 1. The molecule has 3 aromatic rings. The molecule has 0 aliphatic heterocycles. The molecule has 0 fully saturated rings. The first kappa shape index (κ1) is 20.1. The number of nitrogen functional groups attached to an aromatic ring is 1. The Kier molecular flexibility index (Phi) is 6.23. The molecule has 0 saturated heterocycles. The summed E-state index contributed by atoms with van der Waals surface area (Å²) in [5, 5.41) is 6.24. The van der Waals surface area contributed by atoms with E-state index < -0.39 is 0 Å². The average Bonchev–Trinajstić information content (AvgIpc) is 2.70. The molecule has 2 aromatic heterocycles. The summed E-state index contributed by atoms with van der Waals surface area (Å²) < 4.78 is 5.23. The highest BCUT2D eigenvalue weighted by Crippen LogP contribution is 2.27. The third-order valence-electron chi connectivity index (χ3n) is 3.95. The summed E-state index contributed by atoms with van der Waals surface area (Å²) in [4.78, 5) is 24.8. The third kappa shape index (κ3) is 5.41. The van der Waals surface area contributed by atoms with E-state index >= 15 is 0 Å². The number of hydrogen-bond acceptors (Lipinski definition) is 8. The monoisotopic (exact) mass is 392 g/mol. The molecule has 0 radical (unpaired) electrons. The normalized spacial score (nSPS) is 10.6. The van der Waals surface area contributed by atoms with Gasteiger partial charge in [0.25, 0.3) is 0 Å². The predicted octanol–water partition coefficient (Wildman–Crippen LogP) is 4.06. The van der Waals surface area contributed by atoms with Gasteiger partial charge < -0.3 is 21.1 Å². The molecule has 150 valence electrons. The van der Waals surface area contributed by atoms with Crippen LogP contribution in [0.25, 0.3) is 0 Å². The zero-order chi connectivity index (χ0) is 20.8. The first-order chi connectivity index (χ1) is 13.9. The fourth-order valence-electron chi connectivity index (χ4n) is 2.48. The molecule has 0 amide bonds. The van der Waals surface area contributed by atoms with Crippen LogP contribution in [0.4, 0.5) is 28.8 Å². The van der Waals surface area contributed by atoms with Crippen molar-refractivity contribution >= 4 is 34.8 Å². The van der Waals surface area contributed by atoms with Gasteiger partial charge in [0, 0.05) is 11.4 Å². The highest BCUT2D eigenvalue weighted by Gasteiger charge is 2.11. The Morgan fingerprint density at radius 1 is 1.07 bits per heavy atom. The number of carbonyl (C=O) groups is 1. The van der Waals surface area contributed by atoms with Crippen LogP contribution in [0, 0.1) is 12.8 Å². The summed E-state index contributed by atoms with van der Waals surface area (Å²) in [5.74, 6) is 1.49. The number of nitrogens with one attached hydrogen (secondary N) is 2. The first-order valence-corrected chi connectivity index (χ1v) is 9.27. The van der Waals surface area contributed by atoms with Gasteiger partial charge >= 0.3 is 5.97 Å². The lowest BCUT2D eigenvalue weighted by atomic mass is 10.2. The number of nitrogens with zero attached hydrogens (tertiary/aromatic N) is 3. The summed E-state index contributed by atoms with van der Waals surface area (Å²) >= 11 is 0. The van der Waals surface area contributed by atoms with Gasteiger partial charge in [-0.1, -0.05) is 19.9 Å². The van der Waals surface area contributed by atoms with E-state index in [-0.39, 0.29) is 5.97 Å². The number of aromatic nitrogens is 3. The molecule has 0 aliphatic rings. The molecular formula is C21H24N6O2. The molecule has 8 heteroatoms. The van der Waals surface area contributed by atoms with Crippen molar-refractivity contribution in [2.24, 2.45) is 5.92 Å². The third-order valence-corrected chi connectivity index (χ3v) is 3.95. The number of nitrogens with two attached hydrogens (primary N) is 1. The van der Waals surface area contributed by atoms with Gasteiger partial charge in [-0.2, -0.15) is 0 Å². The number of hydrogen-bond donors (Lipinski definition) is 3. The Hall–Kier alpha value is -3.68. The van der Waals surface area contributed by atoms with E-state index in [2.05, 4.69) is 25.6 Å². The molecule has 8 nitrogen and oxygen atoms in total. The van der Waals surface area contributed by atoms with Crippen LogP contribution in [0.5, 0.6) is 0 Å². The van der Waals surface area contributed by atoms with Crippen molar-refractivity contribution in [1.82, 2.24) is 15.0 Å². The molecule has 0 unspecified atom stereocenters. The molecule has 0 aliphatic carbocycles.